The zero-order valence-electron chi connectivity index (χ0n) is 20.9. The number of ether oxygens (including phenoxy) is 1. The lowest BCUT2D eigenvalue weighted by Gasteiger charge is -2.44. The van der Waals surface area contributed by atoms with Gasteiger partial charge in [-0.1, -0.05) is 37.6 Å². The number of amides is 4. The predicted octanol–water partition coefficient (Wildman–Crippen LogP) is 2.51. The molecule has 1 aromatic carbocycles. The van der Waals surface area contributed by atoms with E-state index >= 15 is 0 Å². The summed E-state index contributed by atoms with van der Waals surface area (Å²) < 4.78 is 5.51. The highest BCUT2D eigenvalue weighted by Crippen LogP contribution is 2.57. The molecule has 1 saturated carbocycles. The lowest BCUT2D eigenvalue weighted by atomic mass is 9.57. The van der Waals surface area contributed by atoms with Crippen LogP contribution in [0.5, 0.6) is 5.75 Å². The third-order valence-corrected chi connectivity index (χ3v) is 8.32. The quantitative estimate of drug-likeness (QED) is 0.440. The minimum atomic E-state index is -0.508. The van der Waals surface area contributed by atoms with Crippen molar-refractivity contribution in [2.75, 3.05) is 26.3 Å². The van der Waals surface area contributed by atoms with Crippen LogP contribution in [0.25, 0.3) is 0 Å². The molecular weight excluding hydrogens is 460 g/mol. The topological polar surface area (TPSA) is 104 Å². The van der Waals surface area contributed by atoms with Gasteiger partial charge in [0.2, 0.25) is 23.6 Å². The van der Waals surface area contributed by atoms with Gasteiger partial charge in [-0.3, -0.25) is 29.0 Å². The third kappa shape index (κ3) is 3.77. The van der Waals surface area contributed by atoms with Crippen molar-refractivity contribution in [3.63, 3.8) is 0 Å². The van der Waals surface area contributed by atoms with Crippen LogP contribution in [0.2, 0.25) is 0 Å². The number of carbonyl (C=O) groups is 4. The highest BCUT2D eigenvalue weighted by atomic mass is 16.5. The first-order valence-electron chi connectivity index (χ1n) is 13.2. The summed E-state index contributed by atoms with van der Waals surface area (Å²) in [5.41, 5.74) is 1.91. The van der Waals surface area contributed by atoms with E-state index in [1.807, 2.05) is 38.1 Å². The Labute approximate surface area is 211 Å². The fourth-order valence-corrected chi connectivity index (χ4v) is 6.92. The summed E-state index contributed by atoms with van der Waals surface area (Å²) in [6.07, 6.45) is 4.38. The van der Waals surface area contributed by atoms with Crippen molar-refractivity contribution in [1.82, 2.24) is 9.80 Å². The SMILES string of the molecule is CCCN1C(=O)[C@H]2[C@H](CC=C3[C@H]2C[C@H]2C(=O)N(CCC)C(=O)[C@H]2[C@H]3c2ccc(OCCO)cc2)C1=O. The molecule has 8 heteroatoms. The summed E-state index contributed by atoms with van der Waals surface area (Å²) in [4.78, 5) is 56.4. The van der Waals surface area contributed by atoms with Crippen molar-refractivity contribution >= 4 is 23.6 Å². The van der Waals surface area contributed by atoms with Crippen molar-refractivity contribution < 1.29 is 29.0 Å². The van der Waals surface area contributed by atoms with E-state index in [1.165, 1.54) is 9.80 Å². The molecule has 2 saturated heterocycles. The van der Waals surface area contributed by atoms with Crippen LogP contribution in [-0.2, 0) is 19.2 Å². The Morgan fingerprint density at radius 3 is 2.06 bits per heavy atom. The van der Waals surface area contributed by atoms with E-state index in [0.29, 0.717) is 44.5 Å². The first-order valence-corrected chi connectivity index (χ1v) is 13.2. The maximum absolute atomic E-state index is 13.6. The number of allylic oxidation sites excluding steroid dienone is 2. The maximum Gasteiger partial charge on any atom is 0.234 e. The fraction of sp³-hybridized carbons (Fsp3) is 0.571. The number of carbonyl (C=O) groups excluding carboxylic acids is 4. The molecule has 2 aliphatic carbocycles. The molecule has 0 bridgehead atoms. The molecule has 36 heavy (non-hydrogen) atoms. The zero-order chi connectivity index (χ0) is 25.6. The number of aliphatic hydroxyl groups is 1. The number of imide groups is 2. The number of hydrogen-bond donors (Lipinski definition) is 1. The van der Waals surface area contributed by atoms with Gasteiger partial charge in [0, 0.05) is 19.0 Å². The highest BCUT2D eigenvalue weighted by molar-refractivity contribution is 6.07. The molecule has 3 fully saturated rings. The Morgan fingerprint density at radius 1 is 0.833 bits per heavy atom. The fourth-order valence-electron chi connectivity index (χ4n) is 6.92. The Morgan fingerprint density at radius 2 is 1.44 bits per heavy atom. The Balaban J connectivity index is 1.56. The molecule has 6 atom stereocenters. The summed E-state index contributed by atoms with van der Waals surface area (Å²) >= 11 is 0. The van der Waals surface area contributed by atoms with Gasteiger partial charge in [-0.2, -0.15) is 0 Å². The summed E-state index contributed by atoms with van der Waals surface area (Å²) in [5, 5.41) is 9.05. The van der Waals surface area contributed by atoms with Crippen LogP contribution < -0.4 is 4.74 Å². The Hall–Kier alpha value is -3.00. The van der Waals surface area contributed by atoms with E-state index in [1.54, 1.807) is 0 Å². The second-order valence-electron chi connectivity index (χ2n) is 10.3. The van der Waals surface area contributed by atoms with Crippen LogP contribution in [0.15, 0.2) is 35.9 Å². The molecule has 0 radical (unpaired) electrons. The second kappa shape index (κ2) is 9.81. The largest absolute Gasteiger partial charge is 0.491 e. The molecule has 0 spiro atoms. The van der Waals surface area contributed by atoms with E-state index in [0.717, 1.165) is 11.1 Å². The standard InChI is InChI=1S/C28H34N2O6/c1-3-11-29-25(32)19-10-9-18-20(23(19)27(29)34)15-21-24(28(35)30(12-4-2)26(21)33)22(18)16-5-7-17(8-6-16)36-14-13-31/h5-9,19-24,31H,3-4,10-15H2,1-2H3/t19-,20+,21+,22-,23-,24+/m0/s1. The average Bonchev–Trinajstić information content (AvgIpc) is 3.27. The number of hydrogen-bond acceptors (Lipinski definition) is 6. The van der Waals surface area contributed by atoms with Crippen LogP contribution >= 0.6 is 0 Å². The van der Waals surface area contributed by atoms with E-state index in [2.05, 4.69) is 6.08 Å². The molecule has 0 aromatic heterocycles. The van der Waals surface area contributed by atoms with Gasteiger partial charge in [0.25, 0.3) is 0 Å². The lowest BCUT2D eigenvalue weighted by Crippen LogP contribution is -2.43. The zero-order valence-corrected chi connectivity index (χ0v) is 20.9. The van der Waals surface area contributed by atoms with Gasteiger partial charge in [0.1, 0.15) is 12.4 Å². The molecular formula is C28H34N2O6. The number of likely N-dealkylation sites (tertiary alicyclic amines) is 2. The molecule has 8 nitrogen and oxygen atoms in total. The molecule has 2 heterocycles. The number of aliphatic hydroxyl groups excluding tert-OH is 1. The van der Waals surface area contributed by atoms with Crippen LogP contribution in [-0.4, -0.2) is 64.8 Å². The number of fused-ring (bicyclic) bond motifs is 4. The first kappa shape index (κ1) is 24.7. The van der Waals surface area contributed by atoms with Crippen molar-refractivity contribution in [3.05, 3.63) is 41.5 Å². The predicted molar refractivity (Wildman–Crippen MR) is 131 cm³/mol. The van der Waals surface area contributed by atoms with Crippen molar-refractivity contribution in [2.45, 2.75) is 45.4 Å². The second-order valence-corrected chi connectivity index (χ2v) is 10.3. The summed E-state index contributed by atoms with van der Waals surface area (Å²) in [6.45, 7) is 4.81. The van der Waals surface area contributed by atoms with Crippen molar-refractivity contribution in [2.24, 2.45) is 29.6 Å². The van der Waals surface area contributed by atoms with Crippen molar-refractivity contribution in [1.29, 1.82) is 0 Å². The molecule has 4 aliphatic rings. The minimum Gasteiger partial charge on any atom is -0.491 e. The van der Waals surface area contributed by atoms with E-state index in [4.69, 9.17) is 9.84 Å². The van der Waals surface area contributed by atoms with Gasteiger partial charge in [0.05, 0.1) is 30.3 Å². The summed E-state index contributed by atoms with van der Waals surface area (Å²) in [7, 11) is 0. The Kier molecular flexibility index (Phi) is 6.72. The third-order valence-electron chi connectivity index (χ3n) is 8.32. The van der Waals surface area contributed by atoms with Crippen LogP contribution in [0.4, 0.5) is 0 Å². The van der Waals surface area contributed by atoms with Crippen molar-refractivity contribution in [3.8, 4) is 5.75 Å². The van der Waals surface area contributed by atoms with E-state index in [9.17, 15) is 19.2 Å². The van der Waals surface area contributed by atoms with Crippen LogP contribution in [0, 0.1) is 29.6 Å². The molecule has 1 N–H and O–H groups in total. The normalized spacial score (nSPS) is 31.4. The number of benzene rings is 1. The van der Waals surface area contributed by atoms with Gasteiger partial charge in [0.15, 0.2) is 0 Å². The molecule has 5 rings (SSSR count). The number of rotatable bonds is 8. The van der Waals surface area contributed by atoms with Gasteiger partial charge >= 0.3 is 0 Å². The molecule has 4 amide bonds. The molecule has 0 unspecified atom stereocenters. The van der Waals surface area contributed by atoms with Gasteiger partial charge < -0.3 is 9.84 Å². The first-order chi connectivity index (χ1) is 17.4. The number of nitrogens with zero attached hydrogens (tertiary/aromatic N) is 2. The van der Waals surface area contributed by atoms with Gasteiger partial charge in [-0.05, 0) is 49.3 Å². The smallest absolute Gasteiger partial charge is 0.234 e. The lowest BCUT2D eigenvalue weighted by molar-refractivity contribution is -0.142. The van der Waals surface area contributed by atoms with Gasteiger partial charge in [-0.15, -0.1) is 0 Å². The van der Waals surface area contributed by atoms with Gasteiger partial charge in [-0.25, -0.2) is 0 Å². The summed E-state index contributed by atoms with van der Waals surface area (Å²) in [6, 6.07) is 7.45. The minimum absolute atomic E-state index is 0.0864. The van der Waals surface area contributed by atoms with E-state index < -0.39 is 17.8 Å². The molecule has 192 valence electrons. The van der Waals surface area contributed by atoms with E-state index in [-0.39, 0.29) is 54.6 Å². The monoisotopic (exact) mass is 494 g/mol. The van der Waals surface area contributed by atoms with Crippen LogP contribution in [0.1, 0.15) is 51.0 Å². The molecule has 2 aliphatic heterocycles. The van der Waals surface area contributed by atoms with Crippen LogP contribution in [0.3, 0.4) is 0 Å². The molecule has 1 aromatic rings. The average molecular weight is 495 g/mol. The highest BCUT2D eigenvalue weighted by Gasteiger charge is 2.61. The maximum atomic E-state index is 13.6. The Bertz CT molecular complexity index is 1100. The summed E-state index contributed by atoms with van der Waals surface area (Å²) in [5.74, 6) is -2.34.